The summed E-state index contributed by atoms with van der Waals surface area (Å²) < 4.78 is 0. The minimum Gasteiger partial charge on any atom is -0.508 e. The van der Waals surface area contributed by atoms with Crippen molar-refractivity contribution in [3.8, 4) is 5.75 Å². The minimum atomic E-state index is -0.960. The number of carbonyl (C=O) groups is 4. The first-order chi connectivity index (χ1) is 21.5. The van der Waals surface area contributed by atoms with Crippen LogP contribution in [0.4, 0.5) is 0 Å². The Bertz CT molecular complexity index is 1770. The highest BCUT2D eigenvalue weighted by Gasteiger charge is 2.52. The normalized spacial score (nSPS) is 18.6. The number of hydrogen-bond donors (Lipinski definition) is 2. The van der Waals surface area contributed by atoms with Crippen molar-refractivity contribution < 1.29 is 24.3 Å². The van der Waals surface area contributed by atoms with Crippen LogP contribution in [-0.2, 0) is 21.4 Å². The van der Waals surface area contributed by atoms with E-state index < -0.39 is 24.0 Å². The van der Waals surface area contributed by atoms with Gasteiger partial charge in [0.15, 0.2) is 5.78 Å². The van der Waals surface area contributed by atoms with Crippen molar-refractivity contribution in [1.29, 1.82) is 0 Å². The Balaban J connectivity index is 1.24. The molecule has 6 rings (SSSR count). The average Bonchev–Trinajstić information content (AvgIpc) is 3.61. The summed E-state index contributed by atoms with van der Waals surface area (Å²) in [7, 11) is 0. The molecule has 0 aromatic heterocycles. The minimum absolute atomic E-state index is 0.0731. The molecule has 3 amide bonds. The van der Waals surface area contributed by atoms with Gasteiger partial charge in [-0.1, -0.05) is 81.4 Å². The lowest BCUT2D eigenvalue weighted by atomic mass is 9.86. The monoisotopic (exact) mass is 603 g/mol. The number of benzene rings is 4. The lowest BCUT2D eigenvalue weighted by Gasteiger charge is -2.28. The number of phenols is 1. The van der Waals surface area contributed by atoms with Gasteiger partial charge in [-0.2, -0.15) is 0 Å². The maximum atomic E-state index is 14.2. The zero-order chi connectivity index (χ0) is 31.9. The summed E-state index contributed by atoms with van der Waals surface area (Å²) in [5, 5.41) is 14.5. The molecule has 2 aliphatic heterocycles. The molecule has 0 bridgehead atoms. The molecule has 2 fully saturated rings. The van der Waals surface area contributed by atoms with Gasteiger partial charge in [0, 0.05) is 24.1 Å². The third-order valence-electron chi connectivity index (χ3n) is 8.98. The van der Waals surface area contributed by atoms with E-state index in [4.69, 9.17) is 0 Å². The molecule has 0 spiro atoms. The number of likely N-dealkylation sites (tertiary alicyclic amines) is 2. The van der Waals surface area contributed by atoms with Crippen molar-refractivity contribution in [2.24, 2.45) is 0 Å². The first-order valence-corrected chi connectivity index (χ1v) is 15.3. The zero-order valence-electron chi connectivity index (χ0n) is 25.7. The van der Waals surface area contributed by atoms with E-state index in [1.165, 1.54) is 17.0 Å². The van der Waals surface area contributed by atoms with Gasteiger partial charge in [0.1, 0.15) is 17.8 Å². The molecule has 2 unspecified atom stereocenters. The number of rotatable bonds is 6. The molecular formula is C37H37N3O5. The van der Waals surface area contributed by atoms with E-state index in [1.807, 2.05) is 48.5 Å². The topological polar surface area (TPSA) is 107 Å². The molecule has 3 atom stereocenters. The molecule has 2 N–H and O–H groups in total. The predicted octanol–water partition coefficient (Wildman–Crippen LogP) is 4.88. The number of aromatic hydroxyl groups is 1. The standard InChI is InChI=1S/C37H37N3O5/c1-37(2,3)26-15-13-25(14-16-26)34(43)38-30(21-23-11-17-27(41)18-12-23)36(45)39-20-19-31-33(39)32(42)22-40(31)35(44)29-10-6-8-24-7-4-5-9-28(24)29/h4-18,30-31,33,41H,19-22H2,1-3H3,(H,38,43)/t30-,31?,33?/m0/s1. The Kier molecular flexibility index (Phi) is 7.91. The van der Waals surface area contributed by atoms with Gasteiger partial charge < -0.3 is 20.2 Å². The zero-order valence-corrected chi connectivity index (χ0v) is 25.7. The number of carbonyl (C=O) groups excluding carboxylic acids is 4. The molecule has 2 heterocycles. The van der Waals surface area contributed by atoms with Crippen LogP contribution in [0.25, 0.3) is 10.8 Å². The number of Topliss-reactive ketones (excluding diaryl/α,β-unsaturated/α-hetero) is 1. The van der Waals surface area contributed by atoms with Gasteiger partial charge in [-0.25, -0.2) is 0 Å². The van der Waals surface area contributed by atoms with E-state index in [1.54, 1.807) is 35.2 Å². The predicted molar refractivity (Wildman–Crippen MR) is 172 cm³/mol. The summed E-state index contributed by atoms with van der Waals surface area (Å²) in [4.78, 5) is 58.0. The number of fused-ring (bicyclic) bond motifs is 2. The van der Waals surface area contributed by atoms with Crippen LogP contribution in [0.15, 0.2) is 91.0 Å². The molecule has 0 radical (unpaired) electrons. The Morgan fingerprint density at radius 3 is 2.29 bits per heavy atom. The maximum absolute atomic E-state index is 14.2. The molecule has 4 aromatic rings. The van der Waals surface area contributed by atoms with Gasteiger partial charge in [-0.05, 0) is 64.1 Å². The molecule has 4 aromatic carbocycles. The highest BCUT2D eigenvalue weighted by atomic mass is 16.3. The van der Waals surface area contributed by atoms with E-state index in [0.29, 0.717) is 24.1 Å². The van der Waals surface area contributed by atoms with Crippen LogP contribution < -0.4 is 5.32 Å². The van der Waals surface area contributed by atoms with Crippen molar-refractivity contribution >= 4 is 34.3 Å². The van der Waals surface area contributed by atoms with E-state index in [0.717, 1.165) is 21.9 Å². The highest BCUT2D eigenvalue weighted by Crippen LogP contribution is 2.33. The number of ketones is 1. The van der Waals surface area contributed by atoms with Crippen molar-refractivity contribution in [3.63, 3.8) is 0 Å². The van der Waals surface area contributed by atoms with Gasteiger partial charge in [0.05, 0.1) is 12.6 Å². The van der Waals surface area contributed by atoms with Gasteiger partial charge >= 0.3 is 0 Å². The Hall–Kier alpha value is -4.98. The summed E-state index contributed by atoms with van der Waals surface area (Å²) in [6.45, 7) is 6.51. The fourth-order valence-electron chi connectivity index (χ4n) is 6.54. The maximum Gasteiger partial charge on any atom is 0.255 e. The highest BCUT2D eigenvalue weighted by molar-refractivity contribution is 6.10. The summed E-state index contributed by atoms with van der Waals surface area (Å²) in [5.41, 5.74) is 2.71. The van der Waals surface area contributed by atoms with Crippen molar-refractivity contribution in [2.45, 2.75) is 57.2 Å². The van der Waals surface area contributed by atoms with Crippen molar-refractivity contribution in [2.75, 3.05) is 13.1 Å². The second kappa shape index (κ2) is 11.8. The van der Waals surface area contributed by atoms with Crippen LogP contribution in [0.3, 0.4) is 0 Å². The van der Waals surface area contributed by atoms with Crippen LogP contribution in [0.2, 0.25) is 0 Å². The molecule has 0 saturated carbocycles. The number of hydrogen-bond acceptors (Lipinski definition) is 5. The van der Waals surface area contributed by atoms with Gasteiger partial charge in [0.25, 0.3) is 11.8 Å². The molecule has 2 aliphatic rings. The number of amides is 3. The van der Waals surface area contributed by atoms with E-state index >= 15 is 0 Å². The van der Waals surface area contributed by atoms with Crippen LogP contribution in [0, 0.1) is 0 Å². The molecular weight excluding hydrogens is 566 g/mol. The average molecular weight is 604 g/mol. The summed E-state index contributed by atoms with van der Waals surface area (Å²) in [6.07, 6.45) is 0.637. The van der Waals surface area contributed by atoms with Gasteiger partial charge in [0.2, 0.25) is 5.91 Å². The van der Waals surface area contributed by atoms with E-state index in [2.05, 4.69) is 26.1 Å². The second-order valence-electron chi connectivity index (χ2n) is 13.0. The molecule has 0 aliphatic carbocycles. The van der Waals surface area contributed by atoms with Crippen LogP contribution >= 0.6 is 0 Å². The van der Waals surface area contributed by atoms with Crippen molar-refractivity contribution in [3.05, 3.63) is 113 Å². The third-order valence-corrected chi connectivity index (χ3v) is 8.98. The molecule has 2 saturated heterocycles. The number of nitrogens with zero attached hydrogens (tertiary/aromatic N) is 2. The molecule has 230 valence electrons. The Morgan fingerprint density at radius 2 is 1.58 bits per heavy atom. The molecule has 8 nitrogen and oxygen atoms in total. The largest absolute Gasteiger partial charge is 0.508 e. The van der Waals surface area contributed by atoms with E-state index in [9.17, 15) is 24.3 Å². The fraction of sp³-hybridized carbons (Fsp3) is 0.297. The first kappa shape index (κ1) is 30.1. The SMILES string of the molecule is CC(C)(C)c1ccc(C(=O)N[C@@H](Cc2ccc(O)cc2)C(=O)N2CCC3C2C(=O)CN3C(=O)c2cccc3ccccc23)cc1. The van der Waals surface area contributed by atoms with Crippen LogP contribution in [-0.4, -0.2) is 69.6 Å². The quantitative estimate of drug-likeness (QED) is 0.327. The second-order valence-corrected chi connectivity index (χ2v) is 13.0. The van der Waals surface area contributed by atoms with Crippen molar-refractivity contribution in [1.82, 2.24) is 15.1 Å². The molecule has 45 heavy (non-hydrogen) atoms. The smallest absolute Gasteiger partial charge is 0.255 e. The summed E-state index contributed by atoms with van der Waals surface area (Å²) in [5.74, 6) is -1.09. The van der Waals surface area contributed by atoms with Gasteiger partial charge in [-0.15, -0.1) is 0 Å². The van der Waals surface area contributed by atoms with Crippen LogP contribution in [0.5, 0.6) is 5.75 Å². The number of nitrogens with one attached hydrogen (secondary N) is 1. The fourth-order valence-corrected chi connectivity index (χ4v) is 6.54. The van der Waals surface area contributed by atoms with Gasteiger partial charge in [-0.3, -0.25) is 19.2 Å². The third kappa shape index (κ3) is 5.92. The lowest BCUT2D eigenvalue weighted by molar-refractivity contribution is -0.138. The molecule has 8 heteroatoms. The first-order valence-electron chi connectivity index (χ1n) is 15.3. The van der Waals surface area contributed by atoms with E-state index in [-0.39, 0.29) is 41.7 Å². The Morgan fingerprint density at radius 1 is 0.889 bits per heavy atom. The lowest BCUT2D eigenvalue weighted by Crippen LogP contribution is -2.53. The summed E-state index contributed by atoms with van der Waals surface area (Å²) >= 11 is 0. The Labute approximate surface area is 262 Å². The number of phenolic OH excluding ortho intramolecular Hbond substituents is 1. The van der Waals surface area contributed by atoms with Crippen LogP contribution in [0.1, 0.15) is 59.0 Å². The summed E-state index contributed by atoms with van der Waals surface area (Å²) in [6, 6.07) is 24.8.